The fraction of sp³-hybridized carbons (Fsp3) is 0.409. The molecule has 1 amide bonds. The standard InChI is InChI=1S/C22H25F2N3O4/c1-15(21(28)25-17-3-5-18(6-4-17)31-22(23)24)27-10-8-26(9-11-27)13-16-2-7-19-20(12-16)30-14-29-19/h2-7,12,15,22H,8-11,13-14H2,1H3,(H,25,28). The molecule has 9 heteroatoms. The molecule has 2 aromatic carbocycles. The van der Waals surface area contributed by atoms with Crippen molar-refractivity contribution in [1.82, 2.24) is 9.80 Å². The number of halogens is 2. The SMILES string of the molecule is CC(C(=O)Nc1ccc(OC(F)F)cc1)N1CCN(Cc2ccc3c(c2)OCO3)CC1. The molecule has 2 aliphatic heterocycles. The Morgan fingerprint density at radius 2 is 1.77 bits per heavy atom. The Morgan fingerprint density at radius 3 is 2.48 bits per heavy atom. The monoisotopic (exact) mass is 433 g/mol. The van der Waals surface area contributed by atoms with Gasteiger partial charge in [-0.15, -0.1) is 0 Å². The number of hydrogen-bond acceptors (Lipinski definition) is 6. The molecule has 0 bridgehead atoms. The average molecular weight is 433 g/mol. The second-order valence-corrected chi connectivity index (χ2v) is 7.57. The number of alkyl halides is 2. The zero-order valence-electron chi connectivity index (χ0n) is 17.2. The number of ether oxygens (including phenoxy) is 3. The number of piperazine rings is 1. The maximum atomic E-state index is 12.6. The van der Waals surface area contributed by atoms with Crippen LogP contribution in [-0.4, -0.2) is 61.3 Å². The molecule has 1 N–H and O–H groups in total. The number of hydrogen-bond donors (Lipinski definition) is 1. The molecule has 2 aromatic rings. The third-order valence-corrected chi connectivity index (χ3v) is 5.52. The molecule has 0 spiro atoms. The highest BCUT2D eigenvalue weighted by Crippen LogP contribution is 2.32. The highest BCUT2D eigenvalue weighted by atomic mass is 19.3. The van der Waals surface area contributed by atoms with Gasteiger partial charge in [-0.2, -0.15) is 8.78 Å². The number of amides is 1. The van der Waals surface area contributed by atoms with Crippen LogP contribution in [0, 0.1) is 0 Å². The summed E-state index contributed by atoms with van der Waals surface area (Å²) in [5, 5.41) is 2.83. The van der Waals surface area contributed by atoms with E-state index in [-0.39, 0.29) is 24.5 Å². The number of carbonyl (C=O) groups is 1. The minimum atomic E-state index is -2.87. The number of benzene rings is 2. The summed E-state index contributed by atoms with van der Waals surface area (Å²) in [5.74, 6) is 1.49. The molecule has 0 saturated carbocycles. The number of rotatable bonds is 7. The Labute approximate surface area is 179 Å². The number of nitrogens with one attached hydrogen (secondary N) is 1. The van der Waals surface area contributed by atoms with Crippen molar-refractivity contribution in [3.63, 3.8) is 0 Å². The topological polar surface area (TPSA) is 63.3 Å². The first-order chi connectivity index (χ1) is 15.0. The van der Waals surface area contributed by atoms with E-state index in [9.17, 15) is 13.6 Å². The van der Waals surface area contributed by atoms with Gasteiger partial charge in [-0.05, 0) is 48.9 Å². The predicted molar refractivity (Wildman–Crippen MR) is 111 cm³/mol. The highest BCUT2D eigenvalue weighted by Gasteiger charge is 2.26. The number of anilines is 1. The molecular formula is C22H25F2N3O4. The fourth-order valence-corrected chi connectivity index (χ4v) is 3.74. The molecule has 7 nitrogen and oxygen atoms in total. The molecule has 1 fully saturated rings. The Kier molecular flexibility index (Phi) is 6.53. The number of nitrogens with zero attached hydrogens (tertiary/aromatic N) is 2. The normalized spacial score (nSPS) is 17.5. The molecule has 4 rings (SSSR count). The van der Waals surface area contributed by atoms with Crippen LogP contribution in [-0.2, 0) is 11.3 Å². The second-order valence-electron chi connectivity index (χ2n) is 7.57. The van der Waals surface area contributed by atoms with Crippen molar-refractivity contribution in [1.29, 1.82) is 0 Å². The summed E-state index contributed by atoms with van der Waals surface area (Å²) in [6.07, 6.45) is 0. The van der Waals surface area contributed by atoms with Gasteiger partial charge in [0.25, 0.3) is 0 Å². The lowest BCUT2D eigenvalue weighted by atomic mass is 10.1. The van der Waals surface area contributed by atoms with Crippen molar-refractivity contribution in [3.8, 4) is 17.2 Å². The van der Waals surface area contributed by atoms with Gasteiger partial charge in [0.15, 0.2) is 11.5 Å². The van der Waals surface area contributed by atoms with E-state index in [1.165, 1.54) is 17.7 Å². The van der Waals surface area contributed by atoms with Crippen molar-refractivity contribution in [2.45, 2.75) is 26.1 Å². The Bertz CT molecular complexity index is 902. The molecule has 0 radical (unpaired) electrons. The van der Waals surface area contributed by atoms with Crippen LogP contribution >= 0.6 is 0 Å². The van der Waals surface area contributed by atoms with E-state index in [1.54, 1.807) is 12.1 Å². The van der Waals surface area contributed by atoms with Crippen molar-refractivity contribution in [3.05, 3.63) is 48.0 Å². The van der Waals surface area contributed by atoms with Crippen LogP contribution in [0.5, 0.6) is 17.2 Å². The first-order valence-electron chi connectivity index (χ1n) is 10.2. The molecular weight excluding hydrogens is 408 g/mol. The van der Waals surface area contributed by atoms with Gasteiger partial charge in [0.2, 0.25) is 12.7 Å². The minimum absolute atomic E-state index is 0.0552. The largest absolute Gasteiger partial charge is 0.454 e. The summed E-state index contributed by atoms with van der Waals surface area (Å²) >= 11 is 0. The van der Waals surface area contributed by atoms with Crippen LogP contribution < -0.4 is 19.5 Å². The highest BCUT2D eigenvalue weighted by molar-refractivity contribution is 5.94. The van der Waals surface area contributed by atoms with Crippen LogP contribution in [0.1, 0.15) is 12.5 Å². The van der Waals surface area contributed by atoms with Gasteiger partial charge in [-0.1, -0.05) is 6.07 Å². The summed E-state index contributed by atoms with van der Waals surface area (Å²) in [5.41, 5.74) is 1.71. The summed E-state index contributed by atoms with van der Waals surface area (Å²) in [7, 11) is 0. The average Bonchev–Trinajstić information content (AvgIpc) is 3.23. The van der Waals surface area contributed by atoms with E-state index in [1.807, 2.05) is 25.1 Å². The van der Waals surface area contributed by atoms with Gasteiger partial charge in [0.05, 0.1) is 6.04 Å². The first kappa shape index (κ1) is 21.3. The smallest absolute Gasteiger partial charge is 0.387 e. The second kappa shape index (κ2) is 9.49. The van der Waals surface area contributed by atoms with Gasteiger partial charge < -0.3 is 19.5 Å². The van der Waals surface area contributed by atoms with Crippen molar-refractivity contribution >= 4 is 11.6 Å². The lowest BCUT2D eigenvalue weighted by Crippen LogP contribution is -2.52. The quantitative estimate of drug-likeness (QED) is 0.724. The lowest BCUT2D eigenvalue weighted by Gasteiger charge is -2.37. The maximum Gasteiger partial charge on any atom is 0.387 e. The summed E-state index contributed by atoms with van der Waals surface area (Å²) in [6, 6.07) is 11.6. The molecule has 166 valence electrons. The van der Waals surface area contributed by atoms with E-state index < -0.39 is 6.61 Å². The maximum absolute atomic E-state index is 12.6. The lowest BCUT2D eigenvalue weighted by molar-refractivity contribution is -0.121. The molecule has 2 heterocycles. The van der Waals surface area contributed by atoms with E-state index in [0.29, 0.717) is 5.69 Å². The zero-order valence-corrected chi connectivity index (χ0v) is 17.2. The molecule has 2 aliphatic rings. The van der Waals surface area contributed by atoms with E-state index in [2.05, 4.69) is 19.9 Å². The molecule has 1 unspecified atom stereocenters. The molecule has 1 atom stereocenters. The van der Waals surface area contributed by atoms with Gasteiger partial charge in [-0.25, -0.2) is 0 Å². The Balaban J connectivity index is 1.24. The summed E-state index contributed by atoms with van der Waals surface area (Å²) < 4.78 is 39.6. The first-order valence-corrected chi connectivity index (χ1v) is 10.2. The molecule has 0 aromatic heterocycles. The van der Waals surface area contributed by atoms with Crippen molar-refractivity contribution < 1.29 is 27.8 Å². The Hall–Kier alpha value is -2.91. The van der Waals surface area contributed by atoms with Crippen molar-refractivity contribution in [2.75, 3.05) is 38.3 Å². The molecule has 0 aliphatic carbocycles. The Morgan fingerprint density at radius 1 is 1.06 bits per heavy atom. The summed E-state index contributed by atoms with van der Waals surface area (Å²) in [4.78, 5) is 17.1. The fourth-order valence-electron chi connectivity index (χ4n) is 3.74. The third kappa shape index (κ3) is 5.42. The number of fused-ring (bicyclic) bond motifs is 1. The van der Waals surface area contributed by atoms with E-state index in [4.69, 9.17) is 9.47 Å². The van der Waals surface area contributed by atoms with E-state index in [0.717, 1.165) is 44.2 Å². The summed E-state index contributed by atoms with van der Waals surface area (Å²) in [6.45, 7) is 3.35. The zero-order chi connectivity index (χ0) is 21.8. The molecule has 31 heavy (non-hydrogen) atoms. The predicted octanol–water partition coefficient (Wildman–Crippen LogP) is 3.16. The molecule has 1 saturated heterocycles. The van der Waals surface area contributed by atoms with Crippen LogP contribution in [0.3, 0.4) is 0 Å². The van der Waals surface area contributed by atoms with Crippen LogP contribution in [0.25, 0.3) is 0 Å². The van der Waals surface area contributed by atoms with Gasteiger partial charge in [-0.3, -0.25) is 14.6 Å². The van der Waals surface area contributed by atoms with E-state index >= 15 is 0 Å². The van der Waals surface area contributed by atoms with Crippen LogP contribution in [0.4, 0.5) is 14.5 Å². The van der Waals surface area contributed by atoms with Crippen LogP contribution in [0.15, 0.2) is 42.5 Å². The van der Waals surface area contributed by atoms with Crippen molar-refractivity contribution in [2.24, 2.45) is 0 Å². The third-order valence-electron chi connectivity index (χ3n) is 5.52. The van der Waals surface area contributed by atoms with Gasteiger partial charge in [0, 0.05) is 38.4 Å². The van der Waals surface area contributed by atoms with Crippen LogP contribution in [0.2, 0.25) is 0 Å². The van der Waals surface area contributed by atoms with Gasteiger partial charge in [0.1, 0.15) is 5.75 Å². The number of carbonyl (C=O) groups excluding carboxylic acids is 1. The minimum Gasteiger partial charge on any atom is -0.454 e. The van der Waals surface area contributed by atoms with Gasteiger partial charge >= 0.3 is 6.61 Å².